The van der Waals surface area contributed by atoms with Gasteiger partial charge in [0.15, 0.2) is 0 Å². The fourth-order valence-electron chi connectivity index (χ4n) is 0.490. The molecule has 62 valence electrons. The van der Waals surface area contributed by atoms with Crippen molar-refractivity contribution in [2.75, 3.05) is 13.3 Å². The fourth-order valence-corrected chi connectivity index (χ4v) is 0.490. The largest absolute Gasteiger partial charge is 0.480 e. The molecule has 5 heteroatoms. The van der Waals surface area contributed by atoms with Crippen molar-refractivity contribution in [3.8, 4) is 0 Å². The van der Waals surface area contributed by atoms with Crippen LogP contribution in [0.5, 0.6) is 0 Å². The first-order valence-corrected chi connectivity index (χ1v) is 2.85. The highest BCUT2D eigenvalue weighted by molar-refractivity contribution is 5.89. The van der Waals surface area contributed by atoms with E-state index < -0.39 is 25.2 Å². The van der Waals surface area contributed by atoms with Gasteiger partial charge in [0.2, 0.25) is 5.91 Å². The van der Waals surface area contributed by atoms with Gasteiger partial charge in [-0.05, 0) is 6.08 Å². The zero-order valence-corrected chi connectivity index (χ0v) is 5.86. The maximum atomic E-state index is 10.7. The predicted octanol–water partition coefficient (Wildman–Crippen LogP) is -0.965. The van der Waals surface area contributed by atoms with Crippen LogP contribution in [0.1, 0.15) is 0 Å². The summed E-state index contributed by atoms with van der Waals surface area (Å²) in [5, 5.41) is 16.7. The normalized spacial score (nSPS) is 8.82. The number of rotatable bonds is 4. The summed E-state index contributed by atoms with van der Waals surface area (Å²) in [5.74, 6) is -1.77. The molecule has 0 fully saturated rings. The van der Waals surface area contributed by atoms with E-state index in [9.17, 15) is 9.59 Å². The van der Waals surface area contributed by atoms with Crippen LogP contribution in [0, 0.1) is 0 Å². The maximum absolute atomic E-state index is 10.7. The van der Waals surface area contributed by atoms with E-state index in [0.717, 1.165) is 11.0 Å². The summed E-state index contributed by atoms with van der Waals surface area (Å²) in [5.41, 5.74) is 0. The second kappa shape index (κ2) is 4.45. The van der Waals surface area contributed by atoms with Gasteiger partial charge in [0, 0.05) is 0 Å². The topological polar surface area (TPSA) is 77.8 Å². The molecule has 0 heterocycles. The first-order valence-electron chi connectivity index (χ1n) is 2.85. The Kier molecular flexibility index (Phi) is 3.90. The minimum Gasteiger partial charge on any atom is -0.480 e. The van der Waals surface area contributed by atoms with Crippen LogP contribution in [0.15, 0.2) is 12.7 Å². The Morgan fingerprint density at radius 3 is 2.36 bits per heavy atom. The van der Waals surface area contributed by atoms with Gasteiger partial charge in [0.1, 0.15) is 13.3 Å². The van der Waals surface area contributed by atoms with Gasteiger partial charge in [-0.2, -0.15) is 0 Å². The van der Waals surface area contributed by atoms with Crippen LogP contribution in [0.25, 0.3) is 0 Å². The summed E-state index contributed by atoms with van der Waals surface area (Å²) < 4.78 is 0. The van der Waals surface area contributed by atoms with Crippen molar-refractivity contribution in [3.05, 3.63) is 12.7 Å². The summed E-state index contributed by atoms with van der Waals surface area (Å²) in [7, 11) is 0. The maximum Gasteiger partial charge on any atom is 0.323 e. The lowest BCUT2D eigenvalue weighted by molar-refractivity contribution is -0.145. The summed E-state index contributed by atoms with van der Waals surface area (Å²) in [4.78, 5) is 21.5. The van der Waals surface area contributed by atoms with Gasteiger partial charge in [0.25, 0.3) is 0 Å². The molecule has 0 bridgehead atoms. The van der Waals surface area contributed by atoms with Crippen molar-refractivity contribution in [2.45, 2.75) is 0 Å². The number of carboxylic acid groups (broad SMARTS) is 1. The number of nitrogens with zero attached hydrogens (tertiary/aromatic N) is 1. The molecule has 0 aliphatic carbocycles. The number of carbonyl (C=O) groups is 2. The molecular weight excluding hydrogens is 150 g/mol. The number of carboxylic acids is 1. The van der Waals surface area contributed by atoms with E-state index in [0.29, 0.717) is 0 Å². The van der Waals surface area contributed by atoms with Crippen LogP contribution >= 0.6 is 0 Å². The molecule has 0 saturated heterocycles. The molecule has 0 aromatic heterocycles. The Hall–Kier alpha value is -1.36. The Bertz CT molecular complexity index is 177. The van der Waals surface area contributed by atoms with Gasteiger partial charge in [-0.15, -0.1) is 0 Å². The molecule has 0 aliphatic heterocycles. The quantitative estimate of drug-likeness (QED) is 0.409. The molecule has 0 saturated carbocycles. The van der Waals surface area contributed by atoms with Gasteiger partial charge in [0.05, 0.1) is 0 Å². The summed E-state index contributed by atoms with van der Waals surface area (Å²) in [6, 6.07) is 0. The SMILES string of the molecule is C=CC(=O)N(CO)CC(=O)O. The van der Waals surface area contributed by atoms with Crippen molar-refractivity contribution >= 4 is 11.9 Å². The molecule has 0 unspecified atom stereocenters. The van der Waals surface area contributed by atoms with Gasteiger partial charge in [-0.25, -0.2) is 0 Å². The Labute approximate surface area is 63.5 Å². The van der Waals surface area contributed by atoms with E-state index in [2.05, 4.69) is 6.58 Å². The smallest absolute Gasteiger partial charge is 0.323 e. The molecule has 0 aromatic rings. The molecule has 0 atom stereocenters. The molecule has 0 radical (unpaired) electrons. The third-order valence-electron chi connectivity index (χ3n) is 0.983. The molecule has 0 aromatic carbocycles. The highest BCUT2D eigenvalue weighted by Crippen LogP contribution is 1.87. The third-order valence-corrected chi connectivity index (χ3v) is 0.983. The van der Waals surface area contributed by atoms with E-state index >= 15 is 0 Å². The monoisotopic (exact) mass is 159 g/mol. The second-order valence-corrected chi connectivity index (χ2v) is 1.78. The molecular formula is C6H9NO4. The van der Waals surface area contributed by atoms with Crippen molar-refractivity contribution in [2.24, 2.45) is 0 Å². The summed E-state index contributed by atoms with van der Waals surface area (Å²) >= 11 is 0. The van der Waals surface area contributed by atoms with Crippen LogP contribution in [-0.2, 0) is 9.59 Å². The van der Waals surface area contributed by atoms with Gasteiger partial charge >= 0.3 is 5.97 Å². The number of carbonyl (C=O) groups excluding carboxylic acids is 1. The lowest BCUT2D eigenvalue weighted by Crippen LogP contribution is -2.35. The van der Waals surface area contributed by atoms with E-state index in [1.165, 1.54) is 0 Å². The fraction of sp³-hybridized carbons (Fsp3) is 0.333. The molecule has 5 nitrogen and oxygen atoms in total. The van der Waals surface area contributed by atoms with Gasteiger partial charge in [-0.1, -0.05) is 6.58 Å². The first kappa shape index (κ1) is 9.64. The molecule has 0 rings (SSSR count). The first-order chi connectivity index (χ1) is 5.11. The summed E-state index contributed by atoms with van der Waals surface area (Å²) in [6.07, 6.45) is 0.944. The summed E-state index contributed by atoms with van der Waals surface area (Å²) in [6.45, 7) is 2.02. The zero-order chi connectivity index (χ0) is 8.85. The van der Waals surface area contributed by atoms with Crippen LogP contribution in [-0.4, -0.2) is 40.3 Å². The number of hydrogen-bond acceptors (Lipinski definition) is 3. The average Bonchev–Trinajstić information content (AvgIpc) is 1.98. The van der Waals surface area contributed by atoms with Gasteiger partial charge in [-0.3, -0.25) is 9.59 Å². The minimum absolute atomic E-state index is 0.513. The van der Waals surface area contributed by atoms with Crippen molar-refractivity contribution in [1.82, 2.24) is 4.90 Å². The van der Waals surface area contributed by atoms with Crippen molar-refractivity contribution in [3.63, 3.8) is 0 Å². The molecule has 1 amide bonds. The Morgan fingerprint density at radius 2 is 2.09 bits per heavy atom. The van der Waals surface area contributed by atoms with Crippen LogP contribution in [0.3, 0.4) is 0 Å². The number of amides is 1. The van der Waals surface area contributed by atoms with Crippen molar-refractivity contribution in [1.29, 1.82) is 0 Å². The highest BCUT2D eigenvalue weighted by atomic mass is 16.4. The zero-order valence-electron chi connectivity index (χ0n) is 5.86. The van der Waals surface area contributed by atoms with E-state index in [1.54, 1.807) is 0 Å². The van der Waals surface area contributed by atoms with E-state index in [1.807, 2.05) is 0 Å². The predicted molar refractivity (Wildman–Crippen MR) is 36.6 cm³/mol. The number of aliphatic carboxylic acids is 1. The lowest BCUT2D eigenvalue weighted by atomic mass is 10.5. The van der Waals surface area contributed by atoms with Crippen LogP contribution < -0.4 is 0 Å². The highest BCUT2D eigenvalue weighted by Gasteiger charge is 2.11. The number of hydrogen-bond donors (Lipinski definition) is 2. The third kappa shape index (κ3) is 3.36. The lowest BCUT2D eigenvalue weighted by Gasteiger charge is -2.14. The minimum atomic E-state index is -1.17. The second-order valence-electron chi connectivity index (χ2n) is 1.78. The van der Waals surface area contributed by atoms with Crippen LogP contribution in [0.2, 0.25) is 0 Å². The molecule has 11 heavy (non-hydrogen) atoms. The standard InChI is InChI=1S/C6H9NO4/c1-2-5(9)7(4-8)3-6(10)11/h2,8H,1,3-4H2,(H,10,11). The molecule has 0 aliphatic rings. The number of aliphatic hydroxyl groups excluding tert-OH is 1. The molecule has 0 spiro atoms. The molecule has 2 N–H and O–H groups in total. The Morgan fingerprint density at radius 1 is 1.55 bits per heavy atom. The van der Waals surface area contributed by atoms with E-state index in [4.69, 9.17) is 10.2 Å². The van der Waals surface area contributed by atoms with Crippen molar-refractivity contribution < 1.29 is 19.8 Å². The average molecular weight is 159 g/mol. The van der Waals surface area contributed by atoms with E-state index in [-0.39, 0.29) is 0 Å². The van der Waals surface area contributed by atoms with Gasteiger partial charge < -0.3 is 15.1 Å². The van der Waals surface area contributed by atoms with Crippen LogP contribution in [0.4, 0.5) is 0 Å². The number of aliphatic hydroxyl groups is 1. The Balaban J connectivity index is 4.05.